The van der Waals surface area contributed by atoms with Gasteiger partial charge < -0.3 is 9.52 Å². The summed E-state index contributed by atoms with van der Waals surface area (Å²) in [5.41, 5.74) is 0. The maximum absolute atomic E-state index is 9.55. The lowest BCUT2D eigenvalue weighted by atomic mass is 10.0. The lowest BCUT2D eigenvalue weighted by Gasteiger charge is -2.11. The summed E-state index contributed by atoms with van der Waals surface area (Å²) >= 11 is 0. The molecule has 1 fully saturated rings. The van der Waals surface area contributed by atoms with Crippen molar-refractivity contribution in [3.8, 4) is 0 Å². The van der Waals surface area contributed by atoms with Gasteiger partial charge in [0.25, 0.3) is 0 Å². The highest BCUT2D eigenvalue weighted by Gasteiger charge is 2.25. The van der Waals surface area contributed by atoms with Gasteiger partial charge in [-0.15, -0.1) is 0 Å². The van der Waals surface area contributed by atoms with Crippen molar-refractivity contribution in [2.24, 2.45) is 5.92 Å². The normalized spacial score (nSPS) is 29.4. The molecule has 0 saturated heterocycles. The fourth-order valence-corrected chi connectivity index (χ4v) is 1.94. The molecule has 1 heterocycles. The molecule has 0 aromatic carbocycles. The van der Waals surface area contributed by atoms with E-state index in [0.29, 0.717) is 5.92 Å². The number of hydrogen-bond donors (Lipinski definition) is 1. The molecule has 66 valence electrons. The smallest absolute Gasteiger partial charge is 0.104 e. The summed E-state index contributed by atoms with van der Waals surface area (Å²) in [4.78, 5) is 0. The zero-order valence-corrected chi connectivity index (χ0v) is 7.07. The Kier molecular flexibility index (Phi) is 2.17. The molecule has 1 aromatic rings. The molecule has 0 radical (unpaired) electrons. The van der Waals surface area contributed by atoms with Crippen molar-refractivity contribution in [1.29, 1.82) is 0 Å². The van der Waals surface area contributed by atoms with Crippen molar-refractivity contribution < 1.29 is 9.52 Å². The molecule has 12 heavy (non-hydrogen) atoms. The lowest BCUT2D eigenvalue weighted by Crippen LogP contribution is -2.14. The van der Waals surface area contributed by atoms with E-state index in [4.69, 9.17) is 4.42 Å². The number of aliphatic hydroxyl groups is 1. The zero-order chi connectivity index (χ0) is 8.39. The predicted molar refractivity (Wildman–Crippen MR) is 45.8 cm³/mol. The zero-order valence-electron chi connectivity index (χ0n) is 7.07. The molecule has 0 bridgehead atoms. The molecular formula is C10H14O2. The van der Waals surface area contributed by atoms with Gasteiger partial charge in [0, 0.05) is 6.42 Å². The fourth-order valence-electron chi connectivity index (χ4n) is 1.94. The van der Waals surface area contributed by atoms with Gasteiger partial charge in [-0.2, -0.15) is 0 Å². The van der Waals surface area contributed by atoms with Crippen molar-refractivity contribution in [3.63, 3.8) is 0 Å². The summed E-state index contributed by atoms with van der Waals surface area (Å²) in [5, 5.41) is 9.55. The van der Waals surface area contributed by atoms with Crippen LogP contribution >= 0.6 is 0 Å². The number of rotatable bonds is 2. The topological polar surface area (TPSA) is 33.4 Å². The summed E-state index contributed by atoms with van der Waals surface area (Å²) in [7, 11) is 0. The Morgan fingerprint density at radius 3 is 3.00 bits per heavy atom. The molecule has 2 atom stereocenters. The van der Waals surface area contributed by atoms with Crippen molar-refractivity contribution in [2.45, 2.75) is 31.8 Å². The highest BCUT2D eigenvalue weighted by molar-refractivity contribution is 5.00. The van der Waals surface area contributed by atoms with Gasteiger partial charge in [0.2, 0.25) is 0 Å². The molecule has 1 aliphatic rings. The third-order valence-electron chi connectivity index (χ3n) is 2.66. The molecule has 0 amide bonds. The van der Waals surface area contributed by atoms with Gasteiger partial charge in [0.05, 0.1) is 12.4 Å². The predicted octanol–water partition coefficient (Wildman–Crippen LogP) is 1.98. The quantitative estimate of drug-likeness (QED) is 0.728. The summed E-state index contributed by atoms with van der Waals surface area (Å²) in [6.07, 6.45) is 5.75. The van der Waals surface area contributed by atoms with Crippen LogP contribution in [0.2, 0.25) is 0 Å². The van der Waals surface area contributed by atoms with Crippen molar-refractivity contribution >= 4 is 0 Å². The highest BCUT2D eigenvalue weighted by atomic mass is 16.3. The van der Waals surface area contributed by atoms with Crippen LogP contribution in [0.3, 0.4) is 0 Å². The average molecular weight is 166 g/mol. The molecule has 1 saturated carbocycles. The standard InChI is InChI=1S/C10H14O2/c11-10-5-1-3-8(10)7-9-4-2-6-12-9/h2,4,6,8,10-11H,1,3,5,7H2/t8-,10+/m0/s1. The van der Waals surface area contributed by atoms with E-state index in [2.05, 4.69) is 0 Å². The van der Waals surface area contributed by atoms with E-state index in [9.17, 15) is 5.11 Å². The van der Waals surface area contributed by atoms with Crippen LogP contribution < -0.4 is 0 Å². The van der Waals surface area contributed by atoms with Crippen molar-refractivity contribution in [3.05, 3.63) is 24.2 Å². The van der Waals surface area contributed by atoms with Crippen molar-refractivity contribution in [1.82, 2.24) is 0 Å². The molecule has 0 unspecified atom stereocenters. The largest absolute Gasteiger partial charge is 0.469 e. The van der Waals surface area contributed by atoms with E-state index < -0.39 is 0 Å². The Bertz CT molecular complexity index is 228. The van der Waals surface area contributed by atoms with Gasteiger partial charge in [-0.1, -0.05) is 6.42 Å². The highest BCUT2D eigenvalue weighted by Crippen LogP contribution is 2.28. The van der Waals surface area contributed by atoms with Gasteiger partial charge >= 0.3 is 0 Å². The van der Waals surface area contributed by atoms with Crippen LogP contribution in [0.1, 0.15) is 25.0 Å². The summed E-state index contributed by atoms with van der Waals surface area (Å²) in [6, 6.07) is 3.88. The molecule has 2 rings (SSSR count). The molecular weight excluding hydrogens is 152 g/mol. The van der Waals surface area contributed by atoms with Crippen LogP contribution in [-0.2, 0) is 6.42 Å². The van der Waals surface area contributed by atoms with Crippen LogP contribution in [0, 0.1) is 5.92 Å². The van der Waals surface area contributed by atoms with Crippen LogP contribution in [-0.4, -0.2) is 11.2 Å². The molecule has 2 nitrogen and oxygen atoms in total. The Hall–Kier alpha value is -0.760. The first-order valence-electron chi connectivity index (χ1n) is 4.56. The second-order valence-electron chi connectivity index (χ2n) is 3.54. The summed E-state index contributed by atoms with van der Waals surface area (Å²) in [6.45, 7) is 0. The first-order chi connectivity index (χ1) is 5.86. The van der Waals surface area contributed by atoms with Crippen LogP contribution in [0.4, 0.5) is 0 Å². The lowest BCUT2D eigenvalue weighted by molar-refractivity contribution is 0.129. The average Bonchev–Trinajstić information content (AvgIpc) is 2.65. The van der Waals surface area contributed by atoms with Gasteiger partial charge in [-0.05, 0) is 30.9 Å². The number of aliphatic hydroxyl groups excluding tert-OH is 1. The molecule has 0 spiro atoms. The van der Waals surface area contributed by atoms with E-state index >= 15 is 0 Å². The Morgan fingerprint density at radius 1 is 1.50 bits per heavy atom. The third-order valence-corrected chi connectivity index (χ3v) is 2.66. The van der Waals surface area contributed by atoms with Crippen LogP contribution in [0.15, 0.2) is 22.8 Å². The molecule has 1 N–H and O–H groups in total. The molecule has 1 aliphatic carbocycles. The number of furan rings is 1. The third kappa shape index (κ3) is 1.53. The monoisotopic (exact) mass is 166 g/mol. The van der Waals surface area contributed by atoms with E-state index in [1.165, 1.54) is 0 Å². The van der Waals surface area contributed by atoms with Gasteiger partial charge in [-0.25, -0.2) is 0 Å². The molecule has 1 aromatic heterocycles. The molecule has 2 heteroatoms. The second-order valence-corrected chi connectivity index (χ2v) is 3.54. The number of hydrogen-bond acceptors (Lipinski definition) is 2. The van der Waals surface area contributed by atoms with Gasteiger partial charge in [0.1, 0.15) is 5.76 Å². The Labute approximate surface area is 72.2 Å². The fraction of sp³-hybridized carbons (Fsp3) is 0.600. The van der Waals surface area contributed by atoms with E-state index in [0.717, 1.165) is 31.4 Å². The van der Waals surface area contributed by atoms with E-state index in [1.807, 2.05) is 12.1 Å². The van der Waals surface area contributed by atoms with Crippen molar-refractivity contribution in [2.75, 3.05) is 0 Å². The SMILES string of the molecule is O[C@@H]1CCC[C@H]1Cc1ccco1. The van der Waals surface area contributed by atoms with E-state index in [1.54, 1.807) is 6.26 Å². The maximum atomic E-state index is 9.55. The van der Waals surface area contributed by atoms with Crippen LogP contribution in [0.25, 0.3) is 0 Å². The molecule has 0 aliphatic heterocycles. The van der Waals surface area contributed by atoms with E-state index in [-0.39, 0.29) is 6.10 Å². The summed E-state index contributed by atoms with van der Waals surface area (Å²) < 4.78 is 5.23. The minimum atomic E-state index is -0.102. The van der Waals surface area contributed by atoms with Gasteiger partial charge in [0.15, 0.2) is 0 Å². The second kappa shape index (κ2) is 3.31. The first kappa shape index (κ1) is 7.87. The van der Waals surface area contributed by atoms with Crippen LogP contribution in [0.5, 0.6) is 0 Å². The minimum absolute atomic E-state index is 0.102. The van der Waals surface area contributed by atoms with Gasteiger partial charge in [-0.3, -0.25) is 0 Å². The Balaban J connectivity index is 1.95. The Morgan fingerprint density at radius 2 is 2.42 bits per heavy atom. The summed E-state index contributed by atoms with van der Waals surface area (Å²) in [5.74, 6) is 1.43. The first-order valence-corrected chi connectivity index (χ1v) is 4.56. The maximum Gasteiger partial charge on any atom is 0.104 e. The minimum Gasteiger partial charge on any atom is -0.469 e.